The van der Waals surface area contributed by atoms with Crippen LogP contribution in [-0.4, -0.2) is 31.5 Å². The molecular formula is C14H20N2O2. The minimum Gasteiger partial charge on any atom is -0.495 e. The van der Waals surface area contributed by atoms with Crippen LogP contribution in [-0.2, 0) is 0 Å². The fraction of sp³-hybridized carbons (Fsp3) is 0.357. The van der Waals surface area contributed by atoms with E-state index < -0.39 is 0 Å². The van der Waals surface area contributed by atoms with E-state index in [2.05, 4.69) is 6.58 Å². The van der Waals surface area contributed by atoms with Crippen LogP contribution in [0.3, 0.4) is 0 Å². The Balaban J connectivity index is 2.74. The van der Waals surface area contributed by atoms with Crippen LogP contribution in [0.5, 0.6) is 5.75 Å². The number of methoxy groups -OCH3 is 1. The maximum atomic E-state index is 12.1. The second kappa shape index (κ2) is 6.69. The number of nitrogens with zero attached hydrogens (tertiary/aromatic N) is 1. The third-order valence-electron chi connectivity index (χ3n) is 2.73. The number of carbonyl (C=O) groups excluding carboxylic acids is 1. The predicted octanol–water partition coefficient (Wildman–Crippen LogP) is 2.32. The Hall–Kier alpha value is -1.97. The van der Waals surface area contributed by atoms with Crippen LogP contribution >= 0.6 is 0 Å². The van der Waals surface area contributed by atoms with Gasteiger partial charge in [0, 0.05) is 19.2 Å². The first-order valence-electron chi connectivity index (χ1n) is 5.90. The first-order valence-corrected chi connectivity index (χ1v) is 5.90. The third kappa shape index (κ3) is 3.52. The van der Waals surface area contributed by atoms with E-state index in [9.17, 15) is 4.79 Å². The van der Waals surface area contributed by atoms with Gasteiger partial charge in [0.05, 0.1) is 12.8 Å². The number of allylic oxidation sites excluding steroid dienone is 1. The predicted molar refractivity (Wildman–Crippen MR) is 73.8 cm³/mol. The molecule has 0 bridgehead atoms. The van der Waals surface area contributed by atoms with E-state index in [1.807, 2.05) is 6.08 Å². The van der Waals surface area contributed by atoms with Gasteiger partial charge in [0.2, 0.25) is 0 Å². The third-order valence-corrected chi connectivity index (χ3v) is 2.73. The van der Waals surface area contributed by atoms with E-state index in [-0.39, 0.29) is 5.91 Å². The molecule has 0 aliphatic rings. The van der Waals surface area contributed by atoms with Gasteiger partial charge in [-0.2, -0.15) is 0 Å². The van der Waals surface area contributed by atoms with Crippen molar-refractivity contribution >= 4 is 11.6 Å². The molecule has 0 radical (unpaired) electrons. The number of nitrogens with two attached hydrogens (primary N) is 1. The number of carbonyl (C=O) groups is 1. The minimum atomic E-state index is -0.0302. The normalized spacial score (nSPS) is 9.89. The highest BCUT2D eigenvalue weighted by atomic mass is 16.5. The number of hydrogen-bond donors (Lipinski definition) is 1. The van der Waals surface area contributed by atoms with Crippen LogP contribution < -0.4 is 10.5 Å². The maximum Gasteiger partial charge on any atom is 0.253 e. The molecule has 1 aromatic carbocycles. The quantitative estimate of drug-likeness (QED) is 0.477. The number of amides is 1. The smallest absolute Gasteiger partial charge is 0.253 e. The summed E-state index contributed by atoms with van der Waals surface area (Å²) < 4.78 is 5.11. The molecule has 0 aliphatic carbocycles. The van der Waals surface area contributed by atoms with Crippen molar-refractivity contribution < 1.29 is 9.53 Å². The zero-order chi connectivity index (χ0) is 13.5. The van der Waals surface area contributed by atoms with E-state index in [1.165, 1.54) is 7.11 Å². The van der Waals surface area contributed by atoms with Gasteiger partial charge < -0.3 is 15.4 Å². The fourth-order valence-electron chi connectivity index (χ4n) is 1.64. The first kappa shape index (κ1) is 14.1. The largest absolute Gasteiger partial charge is 0.495 e. The van der Waals surface area contributed by atoms with Gasteiger partial charge in [-0.3, -0.25) is 4.79 Å². The molecule has 0 atom stereocenters. The van der Waals surface area contributed by atoms with Crippen molar-refractivity contribution in [3.63, 3.8) is 0 Å². The molecule has 0 spiro atoms. The standard InChI is InChI=1S/C14H20N2O2/c1-4-5-6-9-16(2)14(17)11-7-8-12(15)13(10-11)18-3/h4,7-8,10H,1,5-6,9,15H2,2-3H3. The Kier molecular flexibility index (Phi) is 5.24. The highest BCUT2D eigenvalue weighted by molar-refractivity contribution is 5.95. The van der Waals surface area contributed by atoms with Crippen molar-refractivity contribution in [3.8, 4) is 5.75 Å². The molecule has 0 saturated carbocycles. The molecule has 4 nitrogen and oxygen atoms in total. The summed E-state index contributed by atoms with van der Waals surface area (Å²) in [4.78, 5) is 13.8. The topological polar surface area (TPSA) is 55.6 Å². The Morgan fingerprint density at radius 1 is 1.56 bits per heavy atom. The molecule has 0 heterocycles. The number of unbranched alkanes of at least 4 members (excludes halogenated alkanes) is 1. The van der Waals surface area contributed by atoms with E-state index in [0.29, 0.717) is 23.5 Å². The molecular weight excluding hydrogens is 228 g/mol. The molecule has 4 heteroatoms. The number of benzene rings is 1. The molecule has 0 saturated heterocycles. The van der Waals surface area contributed by atoms with E-state index in [0.717, 1.165) is 12.8 Å². The van der Waals surface area contributed by atoms with Crippen molar-refractivity contribution in [1.29, 1.82) is 0 Å². The second-order valence-corrected chi connectivity index (χ2v) is 4.11. The van der Waals surface area contributed by atoms with Gasteiger partial charge in [0.15, 0.2) is 0 Å². The van der Waals surface area contributed by atoms with Gasteiger partial charge in [-0.25, -0.2) is 0 Å². The number of ether oxygens (including phenoxy) is 1. The number of hydrogen-bond acceptors (Lipinski definition) is 3. The van der Waals surface area contributed by atoms with E-state index >= 15 is 0 Å². The zero-order valence-electron chi connectivity index (χ0n) is 11.0. The van der Waals surface area contributed by atoms with Crippen LogP contribution in [0, 0.1) is 0 Å². The monoisotopic (exact) mass is 248 g/mol. The lowest BCUT2D eigenvalue weighted by atomic mass is 10.1. The molecule has 0 aromatic heterocycles. The van der Waals surface area contributed by atoms with Crippen LogP contribution in [0.4, 0.5) is 5.69 Å². The van der Waals surface area contributed by atoms with Gasteiger partial charge in [-0.05, 0) is 31.0 Å². The molecule has 1 rings (SSSR count). The summed E-state index contributed by atoms with van der Waals surface area (Å²) >= 11 is 0. The molecule has 2 N–H and O–H groups in total. The van der Waals surface area contributed by atoms with Gasteiger partial charge in [0.1, 0.15) is 5.75 Å². The van der Waals surface area contributed by atoms with Gasteiger partial charge >= 0.3 is 0 Å². The minimum absolute atomic E-state index is 0.0302. The molecule has 1 aromatic rings. The summed E-state index contributed by atoms with van der Waals surface area (Å²) in [5, 5.41) is 0. The molecule has 0 aliphatic heterocycles. The number of anilines is 1. The Labute approximate surface area is 108 Å². The summed E-state index contributed by atoms with van der Waals surface area (Å²) in [6.07, 6.45) is 3.67. The van der Waals surface area contributed by atoms with Gasteiger partial charge in [-0.1, -0.05) is 6.08 Å². The highest BCUT2D eigenvalue weighted by Gasteiger charge is 2.12. The lowest BCUT2D eigenvalue weighted by molar-refractivity contribution is 0.0793. The Morgan fingerprint density at radius 3 is 2.89 bits per heavy atom. The summed E-state index contributed by atoms with van der Waals surface area (Å²) in [5.74, 6) is 0.498. The van der Waals surface area contributed by atoms with E-state index in [1.54, 1.807) is 30.1 Å². The molecule has 0 fully saturated rings. The van der Waals surface area contributed by atoms with Crippen molar-refractivity contribution in [2.24, 2.45) is 0 Å². The lowest BCUT2D eigenvalue weighted by Crippen LogP contribution is -2.27. The number of nitrogen functional groups attached to an aromatic ring is 1. The fourth-order valence-corrected chi connectivity index (χ4v) is 1.64. The molecule has 1 amide bonds. The van der Waals surface area contributed by atoms with Gasteiger partial charge in [0.25, 0.3) is 5.91 Å². The Bertz CT molecular complexity index is 430. The lowest BCUT2D eigenvalue weighted by Gasteiger charge is -2.17. The first-order chi connectivity index (χ1) is 8.60. The number of rotatable bonds is 6. The van der Waals surface area contributed by atoms with Crippen LogP contribution in [0.25, 0.3) is 0 Å². The van der Waals surface area contributed by atoms with Crippen molar-refractivity contribution in [1.82, 2.24) is 4.90 Å². The molecule has 98 valence electrons. The van der Waals surface area contributed by atoms with Crippen LogP contribution in [0.2, 0.25) is 0 Å². The van der Waals surface area contributed by atoms with Crippen LogP contribution in [0.1, 0.15) is 23.2 Å². The summed E-state index contributed by atoms with van der Waals surface area (Å²) in [6.45, 7) is 4.36. The Morgan fingerprint density at radius 2 is 2.28 bits per heavy atom. The summed E-state index contributed by atoms with van der Waals surface area (Å²) in [5.41, 5.74) is 6.83. The molecule has 0 unspecified atom stereocenters. The maximum absolute atomic E-state index is 12.1. The van der Waals surface area contributed by atoms with Gasteiger partial charge in [-0.15, -0.1) is 6.58 Å². The van der Waals surface area contributed by atoms with Crippen molar-refractivity contribution in [2.45, 2.75) is 12.8 Å². The van der Waals surface area contributed by atoms with Crippen LogP contribution in [0.15, 0.2) is 30.9 Å². The van der Waals surface area contributed by atoms with E-state index in [4.69, 9.17) is 10.5 Å². The average Bonchev–Trinajstić information content (AvgIpc) is 2.38. The highest BCUT2D eigenvalue weighted by Crippen LogP contribution is 2.22. The van der Waals surface area contributed by atoms with Crippen molar-refractivity contribution in [3.05, 3.63) is 36.4 Å². The average molecular weight is 248 g/mol. The van der Waals surface area contributed by atoms with Crippen molar-refractivity contribution in [2.75, 3.05) is 26.4 Å². The molecule has 18 heavy (non-hydrogen) atoms. The second-order valence-electron chi connectivity index (χ2n) is 4.11. The zero-order valence-corrected chi connectivity index (χ0v) is 11.0. The summed E-state index contributed by atoms with van der Waals surface area (Å²) in [6, 6.07) is 5.06. The SMILES string of the molecule is C=CCCCN(C)C(=O)c1ccc(N)c(OC)c1. The summed E-state index contributed by atoms with van der Waals surface area (Å²) in [7, 11) is 3.32.